The summed E-state index contributed by atoms with van der Waals surface area (Å²) >= 11 is 5.88. The molecule has 1 saturated heterocycles. The number of urea groups is 1. The van der Waals surface area contributed by atoms with E-state index in [2.05, 4.69) is 28.5 Å². The zero-order chi connectivity index (χ0) is 22.7. The Bertz CT molecular complexity index is 1140. The molecule has 3 heterocycles. The molecular formula is C24H25ClN4O3. The predicted molar refractivity (Wildman–Crippen MR) is 124 cm³/mol. The van der Waals surface area contributed by atoms with Crippen molar-refractivity contribution in [2.24, 2.45) is 5.92 Å². The number of aromatic nitrogens is 2. The maximum atomic E-state index is 12.7. The summed E-state index contributed by atoms with van der Waals surface area (Å²) < 4.78 is 11.0. The molecule has 166 valence electrons. The minimum absolute atomic E-state index is 0.166. The van der Waals surface area contributed by atoms with Gasteiger partial charge in [0.15, 0.2) is 0 Å². The van der Waals surface area contributed by atoms with Crippen molar-refractivity contribution in [2.45, 2.75) is 27.2 Å². The summed E-state index contributed by atoms with van der Waals surface area (Å²) in [6.07, 6.45) is 4.53. The quantitative estimate of drug-likeness (QED) is 0.518. The molecule has 2 amide bonds. The van der Waals surface area contributed by atoms with Crippen LogP contribution in [0.2, 0.25) is 5.02 Å². The molecule has 0 bridgehead atoms. The van der Waals surface area contributed by atoms with E-state index in [1.54, 1.807) is 18.3 Å². The molecule has 1 fully saturated rings. The number of carbonyl (C=O) groups excluding carboxylic acids is 1. The van der Waals surface area contributed by atoms with Crippen LogP contribution in [-0.2, 0) is 0 Å². The van der Waals surface area contributed by atoms with Gasteiger partial charge in [-0.25, -0.2) is 9.78 Å². The molecule has 2 aromatic heterocycles. The first-order valence-electron chi connectivity index (χ1n) is 10.5. The Morgan fingerprint density at radius 2 is 2.16 bits per heavy atom. The van der Waals surface area contributed by atoms with Crippen molar-refractivity contribution >= 4 is 29.6 Å². The lowest BCUT2D eigenvalue weighted by Crippen LogP contribution is -2.42. The van der Waals surface area contributed by atoms with E-state index in [0.29, 0.717) is 35.6 Å². The number of benzene rings is 1. The van der Waals surface area contributed by atoms with Crippen LogP contribution in [0, 0.1) is 19.8 Å². The van der Waals surface area contributed by atoms with Gasteiger partial charge in [-0.15, -0.1) is 0 Å². The number of rotatable bonds is 4. The van der Waals surface area contributed by atoms with Gasteiger partial charge in [-0.2, -0.15) is 0 Å². The van der Waals surface area contributed by atoms with Crippen LogP contribution in [-0.4, -0.2) is 34.2 Å². The van der Waals surface area contributed by atoms with E-state index in [1.165, 1.54) is 5.57 Å². The number of anilines is 1. The molecular weight excluding hydrogens is 428 g/mol. The van der Waals surface area contributed by atoms with Gasteiger partial charge in [-0.1, -0.05) is 47.5 Å². The Hall–Kier alpha value is -3.32. The highest BCUT2D eigenvalue weighted by atomic mass is 35.5. The van der Waals surface area contributed by atoms with E-state index >= 15 is 0 Å². The second kappa shape index (κ2) is 9.44. The van der Waals surface area contributed by atoms with E-state index < -0.39 is 0 Å². The lowest BCUT2D eigenvalue weighted by atomic mass is 9.91. The molecule has 1 aromatic carbocycles. The number of ether oxygens (including phenoxy) is 1. The van der Waals surface area contributed by atoms with E-state index in [0.717, 1.165) is 23.2 Å². The molecule has 0 radical (unpaired) electrons. The summed E-state index contributed by atoms with van der Waals surface area (Å²) in [7, 11) is 0. The molecule has 0 aliphatic carbocycles. The second-order valence-electron chi connectivity index (χ2n) is 7.96. The second-order valence-corrected chi connectivity index (χ2v) is 8.39. The number of carbonyl (C=O) groups is 1. The van der Waals surface area contributed by atoms with Gasteiger partial charge in [-0.05, 0) is 49.9 Å². The average Bonchev–Trinajstić information content (AvgIpc) is 3.09. The van der Waals surface area contributed by atoms with Gasteiger partial charge in [0.25, 0.3) is 0 Å². The standard InChI is InChI=1S/C24H25ClN4O3/c1-15-14-29(24(30)27-23-16(2)17(3)28-32-23)10-9-19(15)11-18-5-4-6-21(12-18)31-22-8-7-20(25)13-26-22/h4-8,11-13,15H,9-10,14H2,1-3H3,(H,27,30)/b19-11+. The van der Waals surface area contributed by atoms with Gasteiger partial charge in [0, 0.05) is 30.9 Å². The van der Waals surface area contributed by atoms with E-state index in [9.17, 15) is 4.79 Å². The fourth-order valence-electron chi connectivity index (χ4n) is 3.58. The topological polar surface area (TPSA) is 80.5 Å². The Labute approximate surface area is 192 Å². The molecule has 0 saturated carbocycles. The van der Waals surface area contributed by atoms with Crippen LogP contribution in [0.3, 0.4) is 0 Å². The first-order chi connectivity index (χ1) is 15.4. The predicted octanol–water partition coefficient (Wildman–Crippen LogP) is 6.09. The summed E-state index contributed by atoms with van der Waals surface area (Å²) in [5.41, 5.74) is 3.96. The normalized spacial score (nSPS) is 17.4. The Morgan fingerprint density at radius 1 is 1.31 bits per heavy atom. The highest BCUT2D eigenvalue weighted by molar-refractivity contribution is 6.30. The van der Waals surface area contributed by atoms with E-state index in [4.69, 9.17) is 20.9 Å². The first-order valence-corrected chi connectivity index (χ1v) is 10.9. The Kier molecular flexibility index (Phi) is 6.46. The Balaban J connectivity index is 1.40. The molecule has 0 spiro atoms. The zero-order valence-corrected chi connectivity index (χ0v) is 19.0. The maximum absolute atomic E-state index is 12.7. The maximum Gasteiger partial charge on any atom is 0.324 e. The lowest BCUT2D eigenvalue weighted by molar-refractivity contribution is 0.197. The molecule has 3 aromatic rings. The summed E-state index contributed by atoms with van der Waals surface area (Å²) in [4.78, 5) is 18.6. The number of hydrogen-bond acceptors (Lipinski definition) is 5. The summed E-state index contributed by atoms with van der Waals surface area (Å²) in [5, 5.41) is 7.28. The van der Waals surface area contributed by atoms with Crippen LogP contribution in [0.1, 0.15) is 30.2 Å². The van der Waals surface area contributed by atoms with Crippen LogP contribution < -0.4 is 10.1 Å². The molecule has 32 heavy (non-hydrogen) atoms. The number of amides is 2. The number of aryl methyl sites for hydroxylation is 1. The molecule has 7 nitrogen and oxygen atoms in total. The minimum Gasteiger partial charge on any atom is -0.439 e. The number of pyridine rings is 1. The highest BCUT2D eigenvalue weighted by Crippen LogP contribution is 2.28. The SMILES string of the molecule is Cc1noc(NC(=O)N2CC/C(=C\c3cccc(Oc4ccc(Cl)cn4)c3)C(C)C2)c1C. The fourth-order valence-corrected chi connectivity index (χ4v) is 3.69. The van der Waals surface area contributed by atoms with Gasteiger partial charge >= 0.3 is 6.03 Å². The number of likely N-dealkylation sites (tertiary alicyclic amines) is 1. The van der Waals surface area contributed by atoms with Crippen LogP contribution in [0.4, 0.5) is 10.7 Å². The molecule has 4 rings (SSSR count). The monoisotopic (exact) mass is 452 g/mol. The first kappa shape index (κ1) is 21.9. The fraction of sp³-hybridized carbons (Fsp3) is 0.292. The highest BCUT2D eigenvalue weighted by Gasteiger charge is 2.25. The van der Waals surface area contributed by atoms with Crippen molar-refractivity contribution in [1.29, 1.82) is 0 Å². The van der Waals surface area contributed by atoms with Gasteiger partial charge in [0.2, 0.25) is 11.8 Å². The van der Waals surface area contributed by atoms with Crippen molar-refractivity contribution in [1.82, 2.24) is 15.0 Å². The summed E-state index contributed by atoms with van der Waals surface area (Å²) in [5.74, 6) is 1.84. The molecule has 1 aliphatic rings. The van der Waals surface area contributed by atoms with Gasteiger partial charge < -0.3 is 14.2 Å². The number of nitrogens with zero attached hydrogens (tertiary/aromatic N) is 3. The van der Waals surface area contributed by atoms with E-state index in [-0.39, 0.29) is 11.9 Å². The third-order valence-corrected chi connectivity index (χ3v) is 5.82. The van der Waals surface area contributed by atoms with Crippen molar-refractivity contribution < 1.29 is 14.1 Å². The van der Waals surface area contributed by atoms with Gasteiger partial charge in [-0.3, -0.25) is 5.32 Å². The van der Waals surface area contributed by atoms with E-state index in [1.807, 2.05) is 43.0 Å². The van der Waals surface area contributed by atoms with Crippen LogP contribution >= 0.6 is 11.6 Å². The van der Waals surface area contributed by atoms with Gasteiger partial charge in [0.1, 0.15) is 5.75 Å². The van der Waals surface area contributed by atoms with Crippen molar-refractivity contribution in [3.05, 3.63) is 70.0 Å². The van der Waals surface area contributed by atoms with Crippen molar-refractivity contribution in [2.75, 3.05) is 18.4 Å². The minimum atomic E-state index is -0.166. The molecule has 1 aliphatic heterocycles. The summed E-state index contributed by atoms with van der Waals surface area (Å²) in [6.45, 7) is 7.13. The van der Waals surface area contributed by atoms with Crippen LogP contribution in [0.5, 0.6) is 11.6 Å². The smallest absolute Gasteiger partial charge is 0.324 e. The summed E-state index contributed by atoms with van der Waals surface area (Å²) in [6, 6.07) is 11.2. The van der Waals surface area contributed by atoms with Crippen LogP contribution in [0.25, 0.3) is 6.08 Å². The molecule has 1 unspecified atom stereocenters. The molecule has 8 heteroatoms. The number of halogens is 1. The van der Waals surface area contributed by atoms with Crippen molar-refractivity contribution in [3.8, 4) is 11.6 Å². The lowest BCUT2D eigenvalue weighted by Gasteiger charge is -2.33. The van der Waals surface area contributed by atoms with Crippen molar-refractivity contribution in [3.63, 3.8) is 0 Å². The van der Waals surface area contributed by atoms with Gasteiger partial charge in [0.05, 0.1) is 10.7 Å². The third-order valence-electron chi connectivity index (χ3n) is 5.60. The number of piperidine rings is 1. The number of hydrogen-bond donors (Lipinski definition) is 1. The molecule has 1 atom stereocenters. The number of nitrogens with one attached hydrogen (secondary N) is 1. The zero-order valence-electron chi connectivity index (χ0n) is 18.3. The molecule has 1 N–H and O–H groups in total. The Morgan fingerprint density at radius 3 is 2.84 bits per heavy atom. The van der Waals surface area contributed by atoms with Crippen LogP contribution in [0.15, 0.2) is 52.7 Å². The largest absolute Gasteiger partial charge is 0.439 e. The average molecular weight is 453 g/mol. The third kappa shape index (κ3) is 5.11.